The Morgan fingerprint density at radius 2 is 1.46 bits per heavy atom. The minimum absolute atomic E-state index is 0.0209. The molecule has 1 fully saturated rings. The highest BCUT2D eigenvalue weighted by Gasteiger charge is 2.33. The molecule has 1 aliphatic rings. The van der Waals surface area contributed by atoms with Crippen LogP contribution >= 0.6 is 0 Å². The Morgan fingerprint density at radius 1 is 0.829 bits per heavy atom. The number of methoxy groups -OCH3 is 1. The number of ether oxygens (including phenoxy) is 1. The molecule has 0 aromatic heterocycles. The van der Waals surface area contributed by atoms with Gasteiger partial charge in [0.1, 0.15) is 5.75 Å². The first-order valence-corrected chi connectivity index (χ1v) is 14.5. The first-order valence-electron chi connectivity index (χ1n) is 11.6. The van der Waals surface area contributed by atoms with Gasteiger partial charge in [0.15, 0.2) is 0 Å². The lowest BCUT2D eigenvalue weighted by molar-refractivity contribution is 0.315. The predicted octanol–water partition coefficient (Wildman–Crippen LogP) is 4.31. The van der Waals surface area contributed by atoms with Crippen molar-refractivity contribution in [2.75, 3.05) is 7.11 Å². The molecule has 0 unspecified atom stereocenters. The molecule has 3 aromatic rings. The van der Waals surface area contributed by atoms with Crippen LogP contribution in [-0.2, 0) is 33.1 Å². The second-order valence-electron chi connectivity index (χ2n) is 8.62. The first kappa shape index (κ1) is 25.4. The van der Waals surface area contributed by atoms with Crippen LogP contribution in [0.5, 0.6) is 5.75 Å². The maximum Gasteiger partial charge on any atom is 0.243 e. The predicted molar refractivity (Wildman–Crippen MR) is 135 cm³/mol. The van der Waals surface area contributed by atoms with Gasteiger partial charge in [-0.25, -0.2) is 21.6 Å². The topological polar surface area (TPSA) is 92.8 Å². The van der Waals surface area contributed by atoms with E-state index in [1.54, 1.807) is 11.4 Å². The Morgan fingerprint density at radius 3 is 2.11 bits per heavy atom. The fraction of sp³-hybridized carbons (Fsp3) is 0.308. The van der Waals surface area contributed by atoms with Crippen molar-refractivity contribution in [2.45, 2.75) is 54.6 Å². The van der Waals surface area contributed by atoms with Crippen LogP contribution in [0, 0.1) is 0 Å². The summed E-state index contributed by atoms with van der Waals surface area (Å²) in [4.78, 5) is 0.0990. The van der Waals surface area contributed by atoms with E-state index in [0.717, 1.165) is 36.8 Å². The van der Waals surface area contributed by atoms with Gasteiger partial charge in [-0.05, 0) is 60.4 Å². The van der Waals surface area contributed by atoms with Crippen LogP contribution in [0.15, 0.2) is 88.7 Å². The van der Waals surface area contributed by atoms with Crippen molar-refractivity contribution in [3.8, 4) is 5.75 Å². The van der Waals surface area contributed by atoms with Gasteiger partial charge in [0.25, 0.3) is 0 Å². The lowest BCUT2D eigenvalue weighted by Crippen LogP contribution is -2.38. The molecule has 4 rings (SSSR count). The van der Waals surface area contributed by atoms with E-state index in [1.165, 1.54) is 24.3 Å². The van der Waals surface area contributed by atoms with E-state index in [0.29, 0.717) is 5.75 Å². The van der Waals surface area contributed by atoms with Gasteiger partial charge in [0.05, 0.1) is 16.9 Å². The Hall–Kier alpha value is -2.72. The molecule has 1 saturated carbocycles. The minimum atomic E-state index is -3.84. The summed E-state index contributed by atoms with van der Waals surface area (Å²) >= 11 is 0. The summed E-state index contributed by atoms with van der Waals surface area (Å²) in [5.74, 6) is 0.670. The van der Waals surface area contributed by atoms with Crippen molar-refractivity contribution in [2.24, 2.45) is 0 Å². The monoisotopic (exact) mass is 514 g/mol. The fourth-order valence-corrected chi connectivity index (χ4v) is 7.03. The van der Waals surface area contributed by atoms with Crippen molar-refractivity contribution in [3.05, 3.63) is 90.0 Å². The molecule has 186 valence electrons. The summed E-state index contributed by atoms with van der Waals surface area (Å²) in [5.41, 5.74) is 1.67. The third-order valence-electron chi connectivity index (χ3n) is 6.25. The van der Waals surface area contributed by atoms with E-state index in [2.05, 4.69) is 4.72 Å². The highest BCUT2D eigenvalue weighted by atomic mass is 32.2. The van der Waals surface area contributed by atoms with Gasteiger partial charge in [-0.3, -0.25) is 0 Å². The Bertz CT molecular complexity index is 1340. The van der Waals surface area contributed by atoms with Crippen molar-refractivity contribution in [1.82, 2.24) is 9.03 Å². The SMILES string of the molecule is COc1cccc(CN(C2CCCC2)S(=O)(=O)c2ccc(S(=O)(=O)NCc3ccccc3)cc2)c1. The minimum Gasteiger partial charge on any atom is -0.497 e. The molecule has 1 aliphatic carbocycles. The molecule has 0 amide bonds. The summed E-state index contributed by atoms with van der Waals surface area (Å²) in [6.45, 7) is 0.377. The van der Waals surface area contributed by atoms with E-state index >= 15 is 0 Å². The van der Waals surface area contributed by atoms with E-state index in [9.17, 15) is 16.8 Å². The quantitative estimate of drug-likeness (QED) is 0.435. The molecule has 0 radical (unpaired) electrons. The molecule has 0 heterocycles. The average molecular weight is 515 g/mol. The molecule has 9 heteroatoms. The van der Waals surface area contributed by atoms with E-state index < -0.39 is 20.0 Å². The zero-order valence-corrected chi connectivity index (χ0v) is 21.3. The van der Waals surface area contributed by atoms with E-state index in [4.69, 9.17) is 4.74 Å². The zero-order chi connectivity index (χ0) is 24.9. The molecule has 35 heavy (non-hydrogen) atoms. The standard InChI is InChI=1S/C26H30N2O5S2/c1-33-24-13-7-10-22(18-24)20-28(23-11-5-6-12-23)35(31,32)26-16-14-25(15-17-26)34(29,30)27-19-21-8-3-2-4-9-21/h2-4,7-10,13-18,23,27H,5-6,11-12,19-20H2,1H3. The van der Waals surface area contributed by atoms with Gasteiger partial charge in [-0.1, -0.05) is 55.3 Å². The average Bonchev–Trinajstić information content (AvgIpc) is 3.41. The number of hydrogen-bond donors (Lipinski definition) is 1. The van der Waals surface area contributed by atoms with Gasteiger partial charge in [-0.15, -0.1) is 0 Å². The van der Waals surface area contributed by atoms with Gasteiger partial charge < -0.3 is 4.74 Å². The molecule has 1 N–H and O–H groups in total. The highest BCUT2D eigenvalue weighted by molar-refractivity contribution is 7.89. The van der Waals surface area contributed by atoms with Crippen LogP contribution < -0.4 is 9.46 Å². The maximum atomic E-state index is 13.7. The van der Waals surface area contributed by atoms with Crippen molar-refractivity contribution in [1.29, 1.82) is 0 Å². The number of nitrogens with one attached hydrogen (secondary N) is 1. The molecule has 7 nitrogen and oxygen atoms in total. The number of rotatable bonds is 10. The number of benzene rings is 3. The Labute approximate surface area is 207 Å². The summed E-state index contributed by atoms with van der Waals surface area (Å²) in [6.07, 6.45) is 3.58. The first-order chi connectivity index (χ1) is 16.8. The highest BCUT2D eigenvalue weighted by Crippen LogP contribution is 2.31. The molecular formula is C26H30N2O5S2. The summed E-state index contributed by atoms with van der Waals surface area (Å²) in [5, 5.41) is 0. The summed E-state index contributed by atoms with van der Waals surface area (Å²) in [6, 6.07) is 21.9. The Balaban J connectivity index is 1.56. The van der Waals surface area contributed by atoms with E-state index in [-0.39, 0.29) is 28.9 Å². The van der Waals surface area contributed by atoms with Gasteiger partial charge in [-0.2, -0.15) is 4.31 Å². The smallest absolute Gasteiger partial charge is 0.243 e. The lowest BCUT2D eigenvalue weighted by Gasteiger charge is -2.28. The zero-order valence-electron chi connectivity index (χ0n) is 19.6. The molecule has 0 bridgehead atoms. The van der Waals surface area contributed by atoms with Crippen LogP contribution in [0.3, 0.4) is 0 Å². The van der Waals surface area contributed by atoms with Gasteiger partial charge >= 0.3 is 0 Å². The lowest BCUT2D eigenvalue weighted by atomic mass is 10.2. The van der Waals surface area contributed by atoms with Crippen molar-refractivity contribution in [3.63, 3.8) is 0 Å². The van der Waals surface area contributed by atoms with Crippen LogP contribution in [0.25, 0.3) is 0 Å². The summed E-state index contributed by atoms with van der Waals surface area (Å²) in [7, 11) is -6.05. The van der Waals surface area contributed by atoms with Crippen molar-refractivity contribution < 1.29 is 21.6 Å². The van der Waals surface area contributed by atoms with Crippen LogP contribution in [0.4, 0.5) is 0 Å². The third kappa shape index (κ3) is 6.10. The largest absolute Gasteiger partial charge is 0.497 e. The maximum absolute atomic E-state index is 13.7. The second kappa shape index (κ2) is 10.9. The second-order valence-corrected chi connectivity index (χ2v) is 12.3. The number of sulfonamides is 2. The molecule has 3 aromatic carbocycles. The Kier molecular flexibility index (Phi) is 7.91. The van der Waals surface area contributed by atoms with Crippen molar-refractivity contribution >= 4 is 20.0 Å². The van der Waals surface area contributed by atoms with E-state index in [1.807, 2.05) is 54.6 Å². The molecule has 0 saturated heterocycles. The molecule has 0 aliphatic heterocycles. The fourth-order valence-electron chi connectivity index (χ4n) is 4.34. The molecule has 0 atom stereocenters. The number of nitrogens with zero attached hydrogens (tertiary/aromatic N) is 1. The molecular weight excluding hydrogens is 484 g/mol. The van der Waals surface area contributed by atoms with Gasteiger partial charge in [0, 0.05) is 19.1 Å². The van der Waals surface area contributed by atoms with Gasteiger partial charge in [0.2, 0.25) is 20.0 Å². The van der Waals surface area contributed by atoms with Crippen LogP contribution in [-0.4, -0.2) is 34.3 Å². The normalized spacial score (nSPS) is 14.9. The van der Waals surface area contributed by atoms with Crippen LogP contribution in [0.2, 0.25) is 0 Å². The third-order valence-corrected chi connectivity index (χ3v) is 9.58. The van der Waals surface area contributed by atoms with Crippen LogP contribution in [0.1, 0.15) is 36.8 Å². The molecule has 0 spiro atoms. The summed E-state index contributed by atoms with van der Waals surface area (Å²) < 4.78 is 62.2. The number of hydrogen-bond acceptors (Lipinski definition) is 5.